The molecule has 0 bridgehead atoms. The second-order valence-corrected chi connectivity index (χ2v) is 7.38. The Balaban J connectivity index is 2.16. The van der Waals surface area contributed by atoms with Crippen molar-refractivity contribution < 1.29 is 9.90 Å². The molecule has 0 aliphatic rings. The lowest BCUT2D eigenvalue weighted by atomic mass is 10.1. The van der Waals surface area contributed by atoms with Crippen LogP contribution in [0.15, 0.2) is 51.7 Å². The number of benzene rings is 1. The van der Waals surface area contributed by atoms with Gasteiger partial charge in [-0.05, 0) is 31.5 Å². The van der Waals surface area contributed by atoms with Crippen LogP contribution in [0.25, 0.3) is 21.3 Å². The highest BCUT2D eigenvalue weighted by molar-refractivity contribution is 8.04. The van der Waals surface area contributed by atoms with E-state index in [4.69, 9.17) is 11.6 Å². The molecule has 0 radical (unpaired) electrons. The summed E-state index contributed by atoms with van der Waals surface area (Å²) in [5.74, 6) is -0.211. The molecule has 0 saturated heterocycles. The summed E-state index contributed by atoms with van der Waals surface area (Å²) < 4.78 is 0. The quantitative estimate of drug-likeness (QED) is 0.282. The molecule has 0 atom stereocenters. The van der Waals surface area contributed by atoms with E-state index < -0.39 is 0 Å². The van der Waals surface area contributed by atoms with Crippen molar-refractivity contribution >= 4 is 50.7 Å². The Kier molecular flexibility index (Phi) is 4.89. The molecule has 0 fully saturated rings. The van der Waals surface area contributed by atoms with Gasteiger partial charge in [-0.15, -0.1) is 11.3 Å². The van der Waals surface area contributed by atoms with Gasteiger partial charge in [0.25, 0.3) is 0 Å². The summed E-state index contributed by atoms with van der Waals surface area (Å²) in [6.45, 7) is 2.92. The van der Waals surface area contributed by atoms with Crippen molar-refractivity contribution in [3.05, 3.63) is 51.7 Å². The van der Waals surface area contributed by atoms with Crippen molar-refractivity contribution in [2.75, 3.05) is 0 Å². The van der Waals surface area contributed by atoms with E-state index in [9.17, 15) is 9.90 Å². The van der Waals surface area contributed by atoms with Gasteiger partial charge >= 0.3 is 0 Å². The fraction of sp³-hybridized carbons (Fsp3) is 0.118. The number of fused-ring (bicyclic) bond motifs is 1. The van der Waals surface area contributed by atoms with Crippen LogP contribution in [0.5, 0.6) is 0 Å². The van der Waals surface area contributed by atoms with Gasteiger partial charge in [0.15, 0.2) is 5.78 Å². The molecule has 0 saturated carbocycles. The zero-order valence-electron chi connectivity index (χ0n) is 12.9. The Bertz CT molecular complexity index is 945. The molecule has 0 spiro atoms. The van der Waals surface area contributed by atoms with Crippen molar-refractivity contribution in [1.29, 1.82) is 0 Å². The van der Waals surface area contributed by atoms with Crippen LogP contribution in [0.2, 0.25) is 5.02 Å². The van der Waals surface area contributed by atoms with E-state index in [1.54, 1.807) is 0 Å². The minimum absolute atomic E-state index is 0.0115. The maximum Gasteiger partial charge on any atom is 0.169 e. The lowest BCUT2D eigenvalue weighted by molar-refractivity contribution is -0.113. The standard InChI is InChI=1S/C17H13ClN2O2S2/c1-9(21)15(10(2)22)24-17-14-13(7-23-16(14)19-8-20-17)11-3-5-12(18)6-4-11/h3-8,21H,1-2H3/b15-9-. The van der Waals surface area contributed by atoms with Gasteiger partial charge in [-0.2, -0.15) is 0 Å². The van der Waals surface area contributed by atoms with E-state index in [2.05, 4.69) is 9.97 Å². The van der Waals surface area contributed by atoms with E-state index in [-0.39, 0.29) is 16.4 Å². The van der Waals surface area contributed by atoms with Crippen LogP contribution in [0, 0.1) is 0 Å². The first-order valence-electron chi connectivity index (χ1n) is 7.04. The lowest BCUT2D eigenvalue weighted by Gasteiger charge is -2.07. The molecule has 0 aliphatic carbocycles. The first kappa shape index (κ1) is 17.0. The first-order chi connectivity index (χ1) is 11.5. The molecule has 1 N–H and O–H groups in total. The minimum Gasteiger partial charge on any atom is -0.511 e. The van der Waals surface area contributed by atoms with Gasteiger partial charge in [-0.25, -0.2) is 9.97 Å². The Hall–Kier alpha value is -1.89. The van der Waals surface area contributed by atoms with Gasteiger partial charge in [0, 0.05) is 16.0 Å². The maximum absolute atomic E-state index is 11.8. The summed E-state index contributed by atoms with van der Waals surface area (Å²) in [4.78, 5) is 21.5. The van der Waals surface area contributed by atoms with E-state index >= 15 is 0 Å². The average Bonchev–Trinajstić information content (AvgIpc) is 2.97. The number of hydrogen-bond donors (Lipinski definition) is 1. The molecule has 2 heterocycles. The number of allylic oxidation sites excluding steroid dienone is 2. The lowest BCUT2D eigenvalue weighted by Crippen LogP contribution is -1.97. The van der Waals surface area contributed by atoms with Gasteiger partial charge in [0.1, 0.15) is 21.9 Å². The van der Waals surface area contributed by atoms with Gasteiger partial charge in [-0.3, -0.25) is 4.79 Å². The van der Waals surface area contributed by atoms with Crippen LogP contribution in [0.4, 0.5) is 0 Å². The van der Waals surface area contributed by atoms with Crippen LogP contribution in [-0.4, -0.2) is 20.9 Å². The summed E-state index contributed by atoms with van der Waals surface area (Å²) in [6, 6.07) is 7.53. The zero-order chi connectivity index (χ0) is 17.3. The third-order valence-corrected chi connectivity index (χ3v) is 5.77. The number of nitrogens with zero attached hydrogens (tertiary/aromatic N) is 2. The number of halogens is 1. The molecule has 2 aromatic heterocycles. The zero-order valence-corrected chi connectivity index (χ0v) is 15.3. The summed E-state index contributed by atoms with van der Waals surface area (Å²) in [7, 11) is 0. The number of hydrogen-bond acceptors (Lipinski definition) is 6. The van der Waals surface area contributed by atoms with Crippen LogP contribution in [-0.2, 0) is 4.79 Å². The van der Waals surface area contributed by atoms with Gasteiger partial charge in [-0.1, -0.05) is 35.5 Å². The smallest absolute Gasteiger partial charge is 0.169 e. The van der Waals surface area contributed by atoms with Crippen LogP contribution in [0.3, 0.4) is 0 Å². The highest BCUT2D eigenvalue weighted by Crippen LogP contribution is 2.40. The van der Waals surface area contributed by atoms with E-state index in [1.807, 2.05) is 29.6 Å². The average molecular weight is 377 g/mol. The molecule has 0 aliphatic heterocycles. The largest absolute Gasteiger partial charge is 0.511 e. The van der Waals surface area contributed by atoms with Crippen molar-refractivity contribution in [1.82, 2.24) is 9.97 Å². The Labute approximate surface area is 152 Å². The summed E-state index contributed by atoms with van der Waals surface area (Å²) in [5, 5.41) is 14.0. The summed E-state index contributed by atoms with van der Waals surface area (Å²) in [6.07, 6.45) is 1.47. The number of carbonyl (C=O) groups excluding carboxylic acids is 1. The summed E-state index contributed by atoms with van der Waals surface area (Å²) in [5.41, 5.74) is 1.98. The second-order valence-electron chi connectivity index (χ2n) is 5.09. The molecule has 3 rings (SSSR count). The molecule has 1 aromatic carbocycles. The Morgan fingerprint density at radius 3 is 2.54 bits per heavy atom. The molecular formula is C17H13ClN2O2S2. The number of thioether (sulfide) groups is 1. The van der Waals surface area contributed by atoms with Crippen molar-refractivity contribution in [2.24, 2.45) is 0 Å². The van der Waals surface area contributed by atoms with Gasteiger partial charge in [0.2, 0.25) is 0 Å². The topological polar surface area (TPSA) is 63.1 Å². The SMILES string of the molecule is CC(=O)/C(Sc1ncnc2scc(-c3ccc(Cl)cc3)c12)=C(\C)O. The predicted octanol–water partition coefficient (Wildman–Crippen LogP) is 5.48. The number of Topliss-reactive ketones (excluding diaryl/α,β-unsaturated/α-hetero) is 1. The molecule has 3 aromatic rings. The van der Waals surface area contributed by atoms with E-state index in [0.717, 1.165) is 33.1 Å². The monoisotopic (exact) mass is 376 g/mol. The molecule has 122 valence electrons. The highest BCUT2D eigenvalue weighted by atomic mass is 35.5. The van der Waals surface area contributed by atoms with Crippen LogP contribution >= 0.6 is 34.7 Å². The van der Waals surface area contributed by atoms with Gasteiger partial charge < -0.3 is 5.11 Å². The fourth-order valence-corrected chi connectivity index (χ4v) is 4.26. The number of thiophene rings is 1. The van der Waals surface area contributed by atoms with Crippen LogP contribution < -0.4 is 0 Å². The van der Waals surface area contributed by atoms with Gasteiger partial charge in [0.05, 0.1) is 10.3 Å². The molecule has 7 heteroatoms. The van der Waals surface area contributed by atoms with Crippen LogP contribution in [0.1, 0.15) is 13.8 Å². The fourth-order valence-electron chi connectivity index (χ4n) is 2.26. The highest BCUT2D eigenvalue weighted by Gasteiger charge is 2.18. The normalized spacial score (nSPS) is 12.3. The van der Waals surface area contributed by atoms with Crippen molar-refractivity contribution in [3.63, 3.8) is 0 Å². The molecular weight excluding hydrogens is 364 g/mol. The number of aliphatic hydroxyl groups excluding tert-OH is 1. The summed E-state index contributed by atoms with van der Waals surface area (Å²) >= 11 is 8.63. The number of carbonyl (C=O) groups is 1. The third-order valence-electron chi connectivity index (χ3n) is 3.34. The number of aromatic nitrogens is 2. The number of aliphatic hydroxyl groups is 1. The predicted molar refractivity (Wildman–Crippen MR) is 99.7 cm³/mol. The van der Waals surface area contributed by atoms with E-state index in [0.29, 0.717) is 10.0 Å². The molecule has 24 heavy (non-hydrogen) atoms. The first-order valence-corrected chi connectivity index (χ1v) is 9.11. The molecule has 4 nitrogen and oxygen atoms in total. The Morgan fingerprint density at radius 1 is 1.21 bits per heavy atom. The number of ketones is 1. The third kappa shape index (κ3) is 3.31. The van der Waals surface area contributed by atoms with Crippen molar-refractivity contribution in [2.45, 2.75) is 18.9 Å². The molecule has 0 amide bonds. The second kappa shape index (κ2) is 6.93. The molecule has 0 unspecified atom stereocenters. The van der Waals surface area contributed by atoms with Crippen molar-refractivity contribution in [3.8, 4) is 11.1 Å². The Morgan fingerprint density at radius 2 is 1.92 bits per heavy atom. The minimum atomic E-state index is -0.199. The van der Waals surface area contributed by atoms with E-state index in [1.165, 1.54) is 31.5 Å². The maximum atomic E-state index is 11.8. The number of rotatable bonds is 4.